The molecule has 0 amide bonds. The fraction of sp³-hybridized carbons (Fsp3) is 0.421. The first kappa shape index (κ1) is 19.2. The van der Waals surface area contributed by atoms with E-state index in [9.17, 15) is 4.79 Å². The molecular formula is C19H28O2. The molecule has 2 heteroatoms. The van der Waals surface area contributed by atoms with Gasteiger partial charge in [0, 0.05) is 6.42 Å². The molecule has 116 valence electrons. The molecule has 0 heterocycles. The number of carbonyl (C=O) groups is 1. The molecule has 0 aromatic heterocycles. The number of allylic oxidation sites excluding steroid dienone is 9. The highest BCUT2D eigenvalue weighted by atomic mass is 16.5. The molecule has 0 saturated carbocycles. The van der Waals surface area contributed by atoms with Gasteiger partial charge in [0.05, 0.1) is 7.11 Å². The van der Waals surface area contributed by atoms with Crippen molar-refractivity contribution in [3.05, 3.63) is 61.3 Å². The summed E-state index contributed by atoms with van der Waals surface area (Å²) in [5, 5.41) is 0. The quantitative estimate of drug-likeness (QED) is 0.277. The van der Waals surface area contributed by atoms with E-state index >= 15 is 0 Å². The van der Waals surface area contributed by atoms with E-state index in [1.54, 1.807) is 0 Å². The summed E-state index contributed by atoms with van der Waals surface area (Å²) in [7, 11) is 1.43. The third kappa shape index (κ3) is 16.1. The van der Waals surface area contributed by atoms with Crippen LogP contribution in [0.1, 0.15) is 44.9 Å². The number of carbonyl (C=O) groups excluding carboxylic acids is 1. The maximum atomic E-state index is 10.9. The molecular weight excluding hydrogens is 260 g/mol. The Bertz CT molecular complexity index is 373. The van der Waals surface area contributed by atoms with Gasteiger partial charge in [-0.2, -0.15) is 0 Å². The van der Waals surface area contributed by atoms with E-state index in [0.717, 1.165) is 38.5 Å². The molecule has 0 rings (SSSR count). The van der Waals surface area contributed by atoms with Crippen LogP contribution in [0.15, 0.2) is 61.3 Å². The van der Waals surface area contributed by atoms with Crippen molar-refractivity contribution in [1.82, 2.24) is 0 Å². The Balaban J connectivity index is 3.45. The Morgan fingerprint density at radius 2 is 1.33 bits per heavy atom. The predicted molar refractivity (Wildman–Crippen MR) is 91.1 cm³/mol. The number of methoxy groups -OCH3 is 1. The van der Waals surface area contributed by atoms with Crippen molar-refractivity contribution in [2.24, 2.45) is 0 Å². The summed E-state index contributed by atoms with van der Waals surface area (Å²) in [5.41, 5.74) is 0. The SMILES string of the molecule is C=CC/C=C\C/C=C\C/C=C\C/C=C\CCCC(=O)OC. The van der Waals surface area contributed by atoms with E-state index in [-0.39, 0.29) is 5.97 Å². The number of ether oxygens (including phenoxy) is 1. The molecule has 0 spiro atoms. The maximum absolute atomic E-state index is 10.9. The maximum Gasteiger partial charge on any atom is 0.305 e. The Kier molecular flexibility index (Phi) is 14.8. The first-order valence-corrected chi connectivity index (χ1v) is 7.59. The van der Waals surface area contributed by atoms with Gasteiger partial charge in [-0.3, -0.25) is 4.79 Å². The average molecular weight is 288 g/mol. The van der Waals surface area contributed by atoms with Crippen LogP contribution < -0.4 is 0 Å². The van der Waals surface area contributed by atoms with Gasteiger partial charge in [-0.15, -0.1) is 6.58 Å². The minimum Gasteiger partial charge on any atom is -0.469 e. The lowest BCUT2D eigenvalue weighted by Crippen LogP contribution is -1.98. The fourth-order valence-electron chi connectivity index (χ4n) is 1.59. The molecule has 2 nitrogen and oxygen atoms in total. The van der Waals surface area contributed by atoms with Crippen molar-refractivity contribution in [3.8, 4) is 0 Å². The second-order valence-corrected chi connectivity index (χ2v) is 4.59. The Hall–Kier alpha value is -1.83. The monoisotopic (exact) mass is 288 g/mol. The average Bonchev–Trinajstić information content (AvgIpc) is 2.50. The Labute approximate surface area is 129 Å². The lowest BCUT2D eigenvalue weighted by molar-refractivity contribution is -0.140. The van der Waals surface area contributed by atoms with Crippen molar-refractivity contribution >= 4 is 5.97 Å². The van der Waals surface area contributed by atoms with Gasteiger partial charge in [0.25, 0.3) is 0 Å². The highest BCUT2D eigenvalue weighted by Gasteiger charge is 1.96. The lowest BCUT2D eigenvalue weighted by atomic mass is 10.2. The topological polar surface area (TPSA) is 26.3 Å². The van der Waals surface area contributed by atoms with E-state index in [1.165, 1.54) is 7.11 Å². The van der Waals surface area contributed by atoms with E-state index in [1.807, 2.05) is 6.08 Å². The summed E-state index contributed by atoms with van der Waals surface area (Å²) in [6.07, 6.45) is 25.3. The van der Waals surface area contributed by atoms with Crippen LogP contribution in [-0.2, 0) is 9.53 Å². The van der Waals surface area contributed by atoms with Crippen molar-refractivity contribution in [3.63, 3.8) is 0 Å². The zero-order valence-corrected chi connectivity index (χ0v) is 13.2. The molecule has 0 radical (unpaired) electrons. The minimum atomic E-state index is -0.130. The molecule has 0 aliphatic rings. The van der Waals surface area contributed by atoms with Crippen molar-refractivity contribution in [1.29, 1.82) is 0 Å². The largest absolute Gasteiger partial charge is 0.469 e. The van der Waals surface area contributed by atoms with Gasteiger partial charge < -0.3 is 4.74 Å². The molecule has 0 fully saturated rings. The Morgan fingerprint density at radius 1 is 0.857 bits per heavy atom. The van der Waals surface area contributed by atoms with Crippen LogP contribution in [0.2, 0.25) is 0 Å². The van der Waals surface area contributed by atoms with Gasteiger partial charge in [0.1, 0.15) is 0 Å². The summed E-state index contributed by atoms with van der Waals surface area (Å²) in [6, 6.07) is 0. The van der Waals surface area contributed by atoms with Gasteiger partial charge in [-0.1, -0.05) is 54.7 Å². The second-order valence-electron chi connectivity index (χ2n) is 4.59. The van der Waals surface area contributed by atoms with Crippen molar-refractivity contribution in [2.75, 3.05) is 7.11 Å². The predicted octanol–water partition coefficient (Wildman–Crippen LogP) is 5.30. The molecule has 0 aliphatic carbocycles. The summed E-state index contributed by atoms with van der Waals surface area (Å²) >= 11 is 0. The minimum absolute atomic E-state index is 0.130. The van der Waals surface area contributed by atoms with Crippen molar-refractivity contribution < 1.29 is 9.53 Å². The summed E-state index contributed by atoms with van der Waals surface area (Å²) in [5.74, 6) is -0.130. The van der Waals surface area contributed by atoms with Gasteiger partial charge in [-0.25, -0.2) is 0 Å². The number of rotatable bonds is 12. The van der Waals surface area contributed by atoms with Crippen LogP contribution in [0.3, 0.4) is 0 Å². The molecule has 0 unspecified atom stereocenters. The molecule has 0 atom stereocenters. The standard InChI is InChI=1S/C19H28O2/c1-3-4-5-6-7-8-9-10-11-12-13-14-15-16-17-18-19(20)21-2/h3,5-6,8-9,11-12,14-15H,1,4,7,10,13,16-18H2,2H3/b6-5-,9-8-,12-11-,15-14-. The highest BCUT2D eigenvalue weighted by Crippen LogP contribution is 2.00. The van der Waals surface area contributed by atoms with E-state index in [0.29, 0.717) is 6.42 Å². The van der Waals surface area contributed by atoms with E-state index in [4.69, 9.17) is 0 Å². The molecule has 0 aromatic rings. The van der Waals surface area contributed by atoms with Gasteiger partial charge in [0.2, 0.25) is 0 Å². The molecule has 0 aromatic carbocycles. The van der Waals surface area contributed by atoms with Crippen LogP contribution in [0, 0.1) is 0 Å². The summed E-state index contributed by atoms with van der Waals surface area (Å²) < 4.78 is 4.58. The first-order valence-electron chi connectivity index (χ1n) is 7.59. The second kappa shape index (κ2) is 16.2. The van der Waals surface area contributed by atoms with E-state index < -0.39 is 0 Å². The van der Waals surface area contributed by atoms with E-state index in [2.05, 4.69) is 59.9 Å². The fourth-order valence-corrected chi connectivity index (χ4v) is 1.59. The lowest BCUT2D eigenvalue weighted by Gasteiger charge is -1.95. The number of hydrogen-bond donors (Lipinski definition) is 0. The number of esters is 1. The van der Waals surface area contributed by atoms with Crippen LogP contribution in [0.4, 0.5) is 0 Å². The first-order chi connectivity index (χ1) is 10.3. The zero-order valence-electron chi connectivity index (χ0n) is 13.2. The number of unbranched alkanes of at least 4 members (excludes halogenated alkanes) is 1. The van der Waals surface area contributed by atoms with Crippen molar-refractivity contribution in [2.45, 2.75) is 44.9 Å². The number of hydrogen-bond acceptors (Lipinski definition) is 2. The molecule has 21 heavy (non-hydrogen) atoms. The van der Waals surface area contributed by atoms with Crippen LogP contribution in [-0.4, -0.2) is 13.1 Å². The molecule has 0 bridgehead atoms. The van der Waals surface area contributed by atoms with Gasteiger partial charge >= 0.3 is 5.97 Å². The summed E-state index contributed by atoms with van der Waals surface area (Å²) in [6.45, 7) is 3.67. The van der Waals surface area contributed by atoms with Gasteiger partial charge in [0.15, 0.2) is 0 Å². The summed E-state index contributed by atoms with van der Waals surface area (Å²) in [4.78, 5) is 10.9. The zero-order chi connectivity index (χ0) is 15.6. The molecule has 0 saturated heterocycles. The normalized spacial score (nSPS) is 12.0. The van der Waals surface area contributed by atoms with Crippen LogP contribution in [0.5, 0.6) is 0 Å². The Morgan fingerprint density at radius 3 is 1.81 bits per heavy atom. The molecule has 0 aliphatic heterocycles. The van der Waals surface area contributed by atoms with Crippen LogP contribution in [0.25, 0.3) is 0 Å². The smallest absolute Gasteiger partial charge is 0.305 e. The third-order valence-electron chi connectivity index (χ3n) is 2.77. The van der Waals surface area contributed by atoms with Crippen LogP contribution >= 0.6 is 0 Å². The third-order valence-corrected chi connectivity index (χ3v) is 2.77. The highest BCUT2D eigenvalue weighted by molar-refractivity contribution is 5.69. The molecule has 0 N–H and O–H groups in total. The van der Waals surface area contributed by atoms with Gasteiger partial charge in [-0.05, 0) is 38.5 Å².